The summed E-state index contributed by atoms with van der Waals surface area (Å²) in [6.45, 7) is 3.51. The molecule has 1 aromatic carbocycles. The van der Waals surface area contributed by atoms with Gasteiger partial charge in [0.2, 0.25) is 0 Å². The van der Waals surface area contributed by atoms with Crippen molar-refractivity contribution in [2.45, 2.75) is 37.2 Å². The van der Waals surface area contributed by atoms with E-state index in [9.17, 15) is 5.11 Å². The highest BCUT2D eigenvalue weighted by Gasteiger charge is 2.33. The van der Waals surface area contributed by atoms with E-state index in [4.69, 9.17) is 0 Å². The van der Waals surface area contributed by atoms with Crippen LogP contribution >= 0.6 is 0 Å². The van der Waals surface area contributed by atoms with Gasteiger partial charge in [0.15, 0.2) is 0 Å². The van der Waals surface area contributed by atoms with Crippen LogP contribution in [0.4, 0.5) is 0 Å². The van der Waals surface area contributed by atoms with Gasteiger partial charge in [-0.2, -0.15) is 0 Å². The zero-order valence-corrected chi connectivity index (χ0v) is 12.4. The second-order valence-electron chi connectivity index (χ2n) is 6.64. The van der Waals surface area contributed by atoms with Gasteiger partial charge >= 0.3 is 0 Å². The molecule has 0 radical (unpaired) electrons. The second kappa shape index (κ2) is 5.84. The first kappa shape index (κ1) is 14.1. The molecule has 1 aromatic rings. The minimum atomic E-state index is -0.525. The van der Waals surface area contributed by atoms with Crippen LogP contribution in [-0.4, -0.2) is 48.8 Å². The lowest BCUT2D eigenvalue weighted by molar-refractivity contribution is 0.0265. The van der Waals surface area contributed by atoms with Gasteiger partial charge in [0, 0.05) is 19.6 Å². The topological polar surface area (TPSA) is 35.5 Å². The first-order chi connectivity index (χ1) is 9.66. The molecule has 0 saturated carbocycles. The number of hydrogen-bond donors (Lipinski definition) is 2. The number of hydrogen-bond acceptors (Lipinski definition) is 3. The molecule has 20 heavy (non-hydrogen) atoms. The lowest BCUT2D eigenvalue weighted by Gasteiger charge is -2.33. The molecule has 1 aliphatic carbocycles. The van der Waals surface area contributed by atoms with E-state index in [1.807, 2.05) is 0 Å². The molecule has 3 rings (SSSR count). The Labute approximate surface area is 122 Å². The molecular weight excluding hydrogens is 248 g/mol. The third kappa shape index (κ3) is 3.05. The summed E-state index contributed by atoms with van der Waals surface area (Å²) in [6, 6.07) is 8.87. The summed E-state index contributed by atoms with van der Waals surface area (Å²) < 4.78 is 0. The summed E-state index contributed by atoms with van der Waals surface area (Å²) in [5.41, 5.74) is 2.53. The molecule has 2 aliphatic rings. The third-order valence-corrected chi connectivity index (χ3v) is 4.81. The van der Waals surface area contributed by atoms with E-state index >= 15 is 0 Å². The molecule has 2 unspecified atom stereocenters. The van der Waals surface area contributed by atoms with Gasteiger partial charge in [-0.3, -0.25) is 0 Å². The number of aliphatic hydroxyl groups is 1. The van der Waals surface area contributed by atoms with Crippen LogP contribution < -0.4 is 5.32 Å². The first-order valence-corrected chi connectivity index (χ1v) is 7.86. The fraction of sp³-hybridized carbons (Fsp3) is 0.647. The summed E-state index contributed by atoms with van der Waals surface area (Å²) in [6.07, 6.45) is 4.67. The Morgan fingerprint density at radius 1 is 1.40 bits per heavy atom. The second-order valence-corrected chi connectivity index (χ2v) is 6.64. The zero-order chi connectivity index (χ0) is 14.0. The van der Waals surface area contributed by atoms with Crippen LogP contribution in [0.15, 0.2) is 24.3 Å². The quantitative estimate of drug-likeness (QED) is 0.878. The van der Waals surface area contributed by atoms with E-state index < -0.39 is 5.60 Å². The summed E-state index contributed by atoms with van der Waals surface area (Å²) in [5, 5.41) is 13.7. The predicted octanol–water partition coefficient (Wildman–Crippen LogP) is 1.76. The van der Waals surface area contributed by atoms with Crippen molar-refractivity contribution < 1.29 is 5.11 Å². The summed E-state index contributed by atoms with van der Waals surface area (Å²) in [4.78, 5) is 2.32. The normalized spacial score (nSPS) is 29.6. The lowest BCUT2D eigenvalue weighted by Crippen LogP contribution is -2.44. The van der Waals surface area contributed by atoms with Crippen molar-refractivity contribution in [2.75, 3.05) is 33.2 Å². The van der Waals surface area contributed by atoms with Crippen LogP contribution in [-0.2, 0) is 6.42 Å². The van der Waals surface area contributed by atoms with Crippen LogP contribution in [0.3, 0.4) is 0 Å². The van der Waals surface area contributed by atoms with Gasteiger partial charge in [0.1, 0.15) is 0 Å². The molecule has 1 aliphatic heterocycles. The predicted molar refractivity (Wildman–Crippen MR) is 82.1 cm³/mol. The van der Waals surface area contributed by atoms with E-state index in [-0.39, 0.29) is 0 Å². The fourth-order valence-electron chi connectivity index (χ4n) is 3.85. The molecule has 2 N–H and O–H groups in total. The SMILES string of the molecule is CN(CC1CCCc2ccccc21)CC1(O)CCNC1. The van der Waals surface area contributed by atoms with Crippen molar-refractivity contribution in [3.8, 4) is 0 Å². The van der Waals surface area contributed by atoms with Gasteiger partial charge in [0.25, 0.3) is 0 Å². The molecule has 1 heterocycles. The Bertz CT molecular complexity index is 454. The Morgan fingerprint density at radius 3 is 3.05 bits per heavy atom. The van der Waals surface area contributed by atoms with Crippen LogP contribution in [0.1, 0.15) is 36.3 Å². The fourth-order valence-corrected chi connectivity index (χ4v) is 3.85. The molecule has 3 nitrogen and oxygen atoms in total. The minimum absolute atomic E-state index is 0.525. The van der Waals surface area contributed by atoms with Crippen molar-refractivity contribution in [1.29, 1.82) is 0 Å². The van der Waals surface area contributed by atoms with Gasteiger partial charge in [-0.05, 0) is 56.3 Å². The maximum atomic E-state index is 10.5. The van der Waals surface area contributed by atoms with E-state index in [1.54, 1.807) is 0 Å². The largest absolute Gasteiger partial charge is 0.387 e. The number of likely N-dealkylation sites (N-methyl/N-ethyl adjacent to an activating group) is 1. The summed E-state index contributed by atoms with van der Waals surface area (Å²) >= 11 is 0. The molecule has 110 valence electrons. The Morgan fingerprint density at radius 2 is 2.25 bits per heavy atom. The number of β-amino-alcohol motifs (C(OH)–C–C–N with tert-alkyl or cyclic N) is 1. The van der Waals surface area contributed by atoms with Gasteiger partial charge in [-0.25, -0.2) is 0 Å². The summed E-state index contributed by atoms with van der Waals surface area (Å²) in [7, 11) is 2.15. The minimum Gasteiger partial charge on any atom is -0.387 e. The number of nitrogens with one attached hydrogen (secondary N) is 1. The van der Waals surface area contributed by atoms with Gasteiger partial charge in [0.05, 0.1) is 5.60 Å². The van der Waals surface area contributed by atoms with Crippen molar-refractivity contribution in [2.24, 2.45) is 0 Å². The number of nitrogens with zero attached hydrogens (tertiary/aromatic N) is 1. The number of fused-ring (bicyclic) bond motifs is 1. The molecule has 0 bridgehead atoms. The molecule has 3 heteroatoms. The highest BCUT2D eigenvalue weighted by atomic mass is 16.3. The maximum Gasteiger partial charge on any atom is 0.0909 e. The van der Waals surface area contributed by atoms with Crippen molar-refractivity contribution in [3.05, 3.63) is 35.4 Å². The number of benzene rings is 1. The van der Waals surface area contributed by atoms with Crippen LogP contribution in [0.5, 0.6) is 0 Å². The highest BCUT2D eigenvalue weighted by Crippen LogP contribution is 2.32. The van der Waals surface area contributed by atoms with Gasteiger partial charge in [-0.1, -0.05) is 24.3 Å². The average Bonchev–Trinajstić information content (AvgIpc) is 2.85. The lowest BCUT2D eigenvalue weighted by atomic mass is 9.82. The molecular formula is C17H26N2O. The van der Waals surface area contributed by atoms with Gasteiger partial charge < -0.3 is 15.3 Å². The first-order valence-electron chi connectivity index (χ1n) is 7.86. The number of aryl methyl sites for hydroxylation is 1. The molecule has 1 saturated heterocycles. The Kier molecular flexibility index (Phi) is 4.11. The monoisotopic (exact) mass is 274 g/mol. The Hall–Kier alpha value is -0.900. The van der Waals surface area contributed by atoms with Crippen LogP contribution in [0.25, 0.3) is 0 Å². The molecule has 0 amide bonds. The average molecular weight is 274 g/mol. The Balaban J connectivity index is 1.63. The standard InChI is InChI=1S/C17H26N2O/c1-19(13-17(20)9-10-18-12-17)11-15-7-4-6-14-5-2-3-8-16(14)15/h2-3,5,8,15,18,20H,4,6-7,9-13H2,1H3. The van der Waals surface area contributed by atoms with Crippen molar-refractivity contribution >= 4 is 0 Å². The molecule has 2 atom stereocenters. The maximum absolute atomic E-state index is 10.5. The van der Waals surface area contributed by atoms with E-state index in [0.717, 1.165) is 32.6 Å². The van der Waals surface area contributed by atoms with E-state index in [1.165, 1.54) is 30.4 Å². The van der Waals surface area contributed by atoms with E-state index in [0.29, 0.717) is 5.92 Å². The molecule has 0 spiro atoms. The van der Waals surface area contributed by atoms with Crippen LogP contribution in [0, 0.1) is 0 Å². The van der Waals surface area contributed by atoms with Gasteiger partial charge in [-0.15, -0.1) is 0 Å². The highest BCUT2D eigenvalue weighted by molar-refractivity contribution is 5.32. The summed E-state index contributed by atoms with van der Waals surface area (Å²) in [5.74, 6) is 0.628. The zero-order valence-electron chi connectivity index (χ0n) is 12.4. The van der Waals surface area contributed by atoms with E-state index in [2.05, 4.69) is 41.5 Å². The van der Waals surface area contributed by atoms with Crippen molar-refractivity contribution in [3.63, 3.8) is 0 Å². The smallest absolute Gasteiger partial charge is 0.0909 e. The number of rotatable bonds is 4. The molecule has 1 fully saturated rings. The third-order valence-electron chi connectivity index (χ3n) is 4.81. The van der Waals surface area contributed by atoms with Crippen molar-refractivity contribution in [1.82, 2.24) is 10.2 Å². The molecule has 0 aromatic heterocycles. The van der Waals surface area contributed by atoms with Crippen LogP contribution in [0.2, 0.25) is 0 Å².